The predicted molar refractivity (Wildman–Crippen MR) is 85.0 cm³/mol. The molecule has 0 aliphatic carbocycles. The summed E-state index contributed by atoms with van der Waals surface area (Å²) in [5.41, 5.74) is 5.31. The van der Waals surface area contributed by atoms with Gasteiger partial charge in [-0.2, -0.15) is 0 Å². The molecule has 21 heavy (non-hydrogen) atoms. The van der Waals surface area contributed by atoms with Crippen molar-refractivity contribution in [3.8, 4) is 0 Å². The van der Waals surface area contributed by atoms with Crippen LogP contribution >= 0.6 is 15.9 Å². The second-order valence-corrected chi connectivity index (χ2v) is 5.58. The first-order valence-electron chi connectivity index (χ1n) is 6.45. The van der Waals surface area contributed by atoms with Crippen molar-refractivity contribution in [2.75, 3.05) is 0 Å². The number of benzene rings is 2. The van der Waals surface area contributed by atoms with Crippen molar-refractivity contribution in [3.63, 3.8) is 0 Å². The van der Waals surface area contributed by atoms with Crippen molar-refractivity contribution >= 4 is 26.8 Å². The molecule has 0 fully saturated rings. The van der Waals surface area contributed by atoms with Gasteiger partial charge in [0, 0.05) is 11.6 Å². The van der Waals surface area contributed by atoms with Crippen LogP contribution in [-0.2, 0) is 0 Å². The Morgan fingerprint density at radius 3 is 2.62 bits per heavy atom. The van der Waals surface area contributed by atoms with Crippen LogP contribution in [0.2, 0.25) is 0 Å². The third kappa shape index (κ3) is 2.81. The molecule has 5 heteroatoms. The number of rotatable bonds is 3. The fourth-order valence-corrected chi connectivity index (χ4v) is 2.59. The van der Waals surface area contributed by atoms with Crippen LogP contribution in [0.3, 0.4) is 0 Å². The highest BCUT2D eigenvalue weighted by Crippen LogP contribution is 2.26. The Morgan fingerprint density at radius 1 is 1.10 bits per heavy atom. The Balaban J connectivity index is 2.06. The van der Waals surface area contributed by atoms with Gasteiger partial charge in [-0.25, -0.2) is 9.82 Å². The molecule has 0 bridgehead atoms. The third-order valence-electron chi connectivity index (χ3n) is 3.41. The normalized spacial score (nSPS) is 12.5. The van der Waals surface area contributed by atoms with Gasteiger partial charge in [0.05, 0.1) is 16.0 Å². The summed E-state index contributed by atoms with van der Waals surface area (Å²) in [6.07, 6.45) is 1.75. The highest BCUT2D eigenvalue weighted by Gasteiger charge is 2.14. The lowest BCUT2D eigenvalue weighted by Gasteiger charge is -2.17. The summed E-state index contributed by atoms with van der Waals surface area (Å²) in [6.45, 7) is 0. The van der Waals surface area contributed by atoms with Gasteiger partial charge in [-0.3, -0.25) is 10.8 Å². The van der Waals surface area contributed by atoms with E-state index >= 15 is 0 Å². The van der Waals surface area contributed by atoms with Crippen LogP contribution in [0, 0.1) is 5.82 Å². The maximum Gasteiger partial charge on any atom is 0.137 e. The first-order valence-corrected chi connectivity index (χ1v) is 7.24. The lowest BCUT2D eigenvalue weighted by atomic mass is 9.98. The lowest BCUT2D eigenvalue weighted by Crippen LogP contribution is -2.28. The van der Waals surface area contributed by atoms with E-state index in [9.17, 15) is 4.39 Å². The average molecular weight is 346 g/mol. The van der Waals surface area contributed by atoms with Crippen molar-refractivity contribution < 1.29 is 4.39 Å². The van der Waals surface area contributed by atoms with Crippen molar-refractivity contribution in [2.45, 2.75) is 6.04 Å². The zero-order chi connectivity index (χ0) is 14.8. The van der Waals surface area contributed by atoms with Crippen LogP contribution in [0.15, 0.2) is 59.2 Å². The van der Waals surface area contributed by atoms with Crippen molar-refractivity contribution in [2.24, 2.45) is 5.84 Å². The van der Waals surface area contributed by atoms with Crippen LogP contribution in [0.5, 0.6) is 0 Å². The van der Waals surface area contributed by atoms with Gasteiger partial charge in [0.1, 0.15) is 5.82 Å². The van der Waals surface area contributed by atoms with Gasteiger partial charge in [-0.05, 0) is 51.3 Å². The Hall–Kier alpha value is -1.82. The molecule has 0 aliphatic rings. The van der Waals surface area contributed by atoms with E-state index in [1.165, 1.54) is 6.07 Å². The lowest BCUT2D eigenvalue weighted by molar-refractivity contribution is 0.601. The largest absolute Gasteiger partial charge is 0.271 e. The minimum atomic E-state index is -0.313. The summed E-state index contributed by atoms with van der Waals surface area (Å²) in [7, 11) is 0. The summed E-state index contributed by atoms with van der Waals surface area (Å²) < 4.78 is 14.1. The van der Waals surface area contributed by atoms with E-state index in [-0.39, 0.29) is 11.9 Å². The van der Waals surface area contributed by atoms with Crippen LogP contribution < -0.4 is 11.3 Å². The molecule has 3 nitrogen and oxygen atoms in total. The fourth-order valence-electron chi connectivity index (χ4n) is 2.34. The first kappa shape index (κ1) is 14.1. The second kappa shape index (κ2) is 5.89. The van der Waals surface area contributed by atoms with Crippen molar-refractivity contribution in [1.29, 1.82) is 0 Å². The van der Waals surface area contributed by atoms with Gasteiger partial charge in [-0.1, -0.05) is 24.3 Å². The predicted octanol–water partition coefficient (Wildman–Crippen LogP) is 3.69. The molecule has 3 aromatic rings. The number of nitrogens with zero attached hydrogens (tertiary/aromatic N) is 1. The van der Waals surface area contributed by atoms with Gasteiger partial charge in [0.15, 0.2) is 0 Å². The molecule has 3 rings (SSSR count). The highest BCUT2D eigenvalue weighted by molar-refractivity contribution is 9.10. The highest BCUT2D eigenvalue weighted by atomic mass is 79.9. The molecule has 0 aliphatic heterocycles. The molecular formula is C16H13BrFN3. The number of pyridine rings is 1. The van der Waals surface area contributed by atoms with Gasteiger partial charge < -0.3 is 0 Å². The van der Waals surface area contributed by atoms with E-state index in [0.717, 1.165) is 22.0 Å². The van der Waals surface area contributed by atoms with Crippen molar-refractivity contribution in [1.82, 2.24) is 10.4 Å². The number of nitrogens with two attached hydrogens (primary N) is 1. The summed E-state index contributed by atoms with van der Waals surface area (Å²) in [6, 6.07) is 14.5. The molecule has 0 saturated heterocycles. The van der Waals surface area contributed by atoms with Crippen LogP contribution in [-0.4, -0.2) is 4.98 Å². The van der Waals surface area contributed by atoms with Gasteiger partial charge in [-0.15, -0.1) is 0 Å². The first-order chi connectivity index (χ1) is 10.2. The molecule has 0 saturated carbocycles. The fraction of sp³-hybridized carbons (Fsp3) is 0.0625. The van der Waals surface area contributed by atoms with Crippen LogP contribution in [0.25, 0.3) is 10.9 Å². The number of nitrogens with one attached hydrogen (secondary N) is 1. The Labute approximate surface area is 130 Å². The van der Waals surface area contributed by atoms with Gasteiger partial charge >= 0.3 is 0 Å². The minimum Gasteiger partial charge on any atom is -0.271 e. The van der Waals surface area contributed by atoms with E-state index in [4.69, 9.17) is 5.84 Å². The Bertz CT molecular complexity index is 791. The van der Waals surface area contributed by atoms with Gasteiger partial charge in [0.25, 0.3) is 0 Å². The van der Waals surface area contributed by atoms with Crippen molar-refractivity contribution in [3.05, 3.63) is 76.1 Å². The maximum atomic E-state index is 13.7. The number of halogens is 2. The molecular weight excluding hydrogens is 333 g/mol. The zero-order valence-electron chi connectivity index (χ0n) is 11.1. The van der Waals surface area contributed by atoms with E-state index in [0.29, 0.717) is 4.47 Å². The number of hydrazine groups is 1. The smallest absolute Gasteiger partial charge is 0.137 e. The number of aromatic nitrogens is 1. The van der Waals surface area contributed by atoms with E-state index in [2.05, 4.69) is 26.3 Å². The molecule has 0 amide bonds. The SMILES string of the molecule is NNC(c1ccc(Br)c(F)c1)c1ccc2cccnc2c1. The second-order valence-electron chi connectivity index (χ2n) is 4.73. The molecule has 1 atom stereocenters. The molecule has 0 radical (unpaired) electrons. The Kier molecular flexibility index (Phi) is 3.96. The Morgan fingerprint density at radius 2 is 1.86 bits per heavy atom. The quantitative estimate of drug-likeness (QED) is 0.562. The summed E-state index contributed by atoms with van der Waals surface area (Å²) in [5.74, 6) is 5.35. The number of fused-ring (bicyclic) bond motifs is 1. The zero-order valence-corrected chi connectivity index (χ0v) is 12.6. The molecule has 1 heterocycles. The van der Waals surface area contributed by atoms with Crippen LogP contribution in [0.4, 0.5) is 4.39 Å². The summed E-state index contributed by atoms with van der Waals surface area (Å²) >= 11 is 3.15. The number of hydrogen-bond acceptors (Lipinski definition) is 3. The number of hydrogen-bond donors (Lipinski definition) is 2. The molecule has 1 unspecified atom stereocenters. The summed E-state index contributed by atoms with van der Waals surface area (Å²) in [4.78, 5) is 4.33. The molecule has 0 spiro atoms. The van der Waals surface area contributed by atoms with Crippen LogP contribution in [0.1, 0.15) is 17.2 Å². The molecule has 3 N–H and O–H groups in total. The standard InChI is InChI=1S/C16H13BrFN3/c17-13-6-5-11(8-14(13)18)16(21-19)12-4-3-10-2-1-7-20-15(10)9-12/h1-9,16,21H,19H2. The molecule has 1 aromatic heterocycles. The average Bonchev–Trinajstić information content (AvgIpc) is 2.51. The maximum absolute atomic E-state index is 13.7. The summed E-state index contributed by atoms with van der Waals surface area (Å²) in [5, 5.41) is 1.05. The van der Waals surface area contributed by atoms with E-state index in [1.807, 2.05) is 36.4 Å². The topological polar surface area (TPSA) is 50.9 Å². The van der Waals surface area contributed by atoms with E-state index in [1.54, 1.807) is 12.3 Å². The molecule has 106 valence electrons. The molecule has 2 aromatic carbocycles. The minimum absolute atomic E-state index is 0.293. The monoisotopic (exact) mass is 345 g/mol. The van der Waals surface area contributed by atoms with E-state index < -0.39 is 0 Å². The third-order valence-corrected chi connectivity index (χ3v) is 4.05. The van der Waals surface area contributed by atoms with Gasteiger partial charge in [0.2, 0.25) is 0 Å².